The van der Waals surface area contributed by atoms with Crippen molar-refractivity contribution in [2.45, 2.75) is 39.5 Å². The summed E-state index contributed by atoms with van der Waals surface area (Å²) in [5.41, 5.74) is -0.698. The van der Waals surface area contributed by atoms with Crippen LogP contribution in [0.2, 0.25) is 0 Å². The lowest BCUT2D eigenvalue weighted by Gasteiger charge is -2.19. The third kappa shape index (κ3) is 4.32. The van der Waals surface area contributed by atoms with E-state index in [1.165, 1.54) is 19.1 Å². The Morgan fingerprint density at radius 1 is 0.926 bits per heavy atom. The maximum atomic E-state index is 14.6. The number of rotatable bonds is 4. The summed E-state index contributed by atoms with van der Waals surface area (Å²) in [5, 5.41) is 0. The third-order valence-corrected chi connectivity index (χ3v) is 5.07. The minimum absolute atomic E-state index is 0.0673. The van der Waals surface area contributed by atoms with Gasteiger partial charge in [0.1, 0.15) is 0 Å². The van der Waals surface area contributed by atoms with Crippen molar-refractivity contribution in [1.29, 1.82) is 0 Å². The quantitative estimate of drug-likeness (QED) is 0.396. The molecule has 0 radical (unpaired) electrons. The number of halogens is 4. The fourth-order valence-electron chi connectivity index (χ4n) is 2.39. The second-order valence-corrected chi connectivity index (χ2v) is 9.11. The number of hydrogen-bond donors (Lipinski definition) is 0. The average Bonchev–Trinajstić information content (AvgIpc) is 2.54. The molecule has 0 aliphatic heterocycles. The lowest BCUT2D eigenvalue weighted by Crippen LogP contribution is -2.21. The Morgan fingerprint density at radius 2 is 1.44 bits per heavy atom. The van der Waals surface area contributed by atoms with Crippen molar-refractivity contribution in [1.82, 2.24) is 0 Å². The van der Waals surface area contributed by atoms with Crippen molar-refractivity contribution in [3.8, 4) is 11.1 Å². The average molecular weight is 404 g/mol. The van der Waals surface area contributed by atoms with E-state index in [4.69, 9.17) is 0 Å². The molecule has 148 valence electrons. The highest BCUT2D eigenvalue weighted by molar-refractivity contribution is 7.86. The van der Waals surface area contributed by atoms with Gasteiger partial charge in [-0.25, -0.2) is 17.6 Å². The Hall–Kier alpha value is -1.93. The summed E-state index contributed by atoms with van der Waals surface area (Å²) in [6.07, 6.45) is 0. The minimum atomic E-state index is -5.05. The van der Waals surface area contributed by atoms with Crippen molar-refractivity contribution < 1.29 is 30.2 Å². The first-order valence-corrected chi connectivity index (χ1v) is 9.50. The highest BCUT2D eigenvalue weighted by Crippen LogP contribution is 2.36. The first kappa shape index (κ1) is 21.4. The minimum Gasteiger partial charge on any atom is -0.266 e. The molecule has 27 heavy (non-hydrogen) atoms. The van der Waals surface area contributed by atoms with Crippen molar-refractivity contribution in [2.75, 3.05) is 6.61 Å². The van der Waals surface area contributed by atoms with Gasteiger partial charge in [-0.3, -0.25) is 4.18 Å². The second-order valence-electron chi connectivity index (χ2n) is 7.56. The van der Waals surface area contributed by atoms with E-state index in [9.17, 15) is 26.0 Å². The zero-order valence-electron chi connectivity index (χ0n) is 15.6. The molecule has 0 amide bonds. The highest BCUT2D eigenvalue weighted by atomic mass is 32.2. The first-order chi connectivity index (χ1) is 12.3. The Balaban J connectivity index is 2.71. The van der Waals surface area contributed by atoms with Crippen molar-refractivity contribution in [3.63, 3.8) is 0 Å². The Kier molecular flexibility index (Phi) is 5.73. The van der Waals surface area contributed by atoms with E-state index in [-0.39, 0.29) is 5.56 Å². The van der Waals surface area contributed by atoms with Crippen LogP contribution in [0.4, 0.5) is 17.6 Å². The smallest absolute Gasteiger partial charge is 0.266 e. The van der Waals surface area contributed by atoms with Crippen LogP contribution in [0.3, 0.4) is 0 Å². The van der Waals surface area contributed by atoms with Crippen LogP contribution >= 0.6 is 0 Å². The number of benzene rings is 2. The maximum absolute atomic E-state index is 14.6. The van der Waals surface area contributed by atoms with E-state index < -0.39 is 55.9 Å². The Labute approximate surface area is 156 Å². The van der Waals surface area contributed by atoms with Gasteiger partial charge in [0.15, 0.2) is 28.2 Å². The van der Waals surface area contributed by atoms with Crippen molar-refractivity contribution in [3.05, 3.63) is 52.6 Å². The molecule has 0 heterocycles. The van der Waals surface area contributed by atoms with E-state index in [2.05, 4.69) is 4.18 Å². The van der Waals surface area contributed by atoms with E-state index in [0.29, 0.717) is 11.1 Å². The third-order valence-electron chi connectivity index (χ3n) is 3.78. The molecular weight excluding hydrogens is 384 g/mol. The van der Waals surface area contributed by atoms with Crippen LogP contribution in [0.15, 0.2) is 23.1 Å². The van der Waals surface area contributed by atoms with Gasteiger partial charge in [-0.05, 0) is 30.4 Å². The van der Waals surface area contributed by atoms with Crippen LogP contribution < -0.4 is 0 Å². The summed E-state index contributed by atoms with van der Waals surface area (Å²) >= 11 is 0. The lowest BCUT2D eigenvalue weighted by molar-refractivity contribution is 0.201. The SMILES string of the molecule is Cc1ccc(C)c(-c2c(F)c(F)c(S(=O)(=O)OCC(C)(C)C)c(F)c2F)c1. The summed E-state index contributed by atoms with van der Waals surface area (Å²) in [6.45, 7) is 7.61. The second kappa shape index (κ2) is 7.24. The zero-order valence-corrected chi connectivity index (χ0v) is 16.4. The van der Waals surface area contributed by atoms with Gasteiger partial charge in [0.2, 0.25) is 0 Å². The van der Waals surface area contributed by atoms with Crippen molar-refractivity contribution >= 4 is 10.1 Å². The maximum Gasteiger partial charge on any atom is 0.303 e. The van der Waals surface area contributed by atoms with Crippen LogP contribution in [0, 0.1) is 42.5 Å². The topological polar surface area (TPSA) is 43.4 Å². The molecule has 0 aliphatic carbocycles. The zero-order chi connectivity index (χ0) is 20.7. The molecule has 0 unspecified atom stereocenters. The van der Waals surface area contributed by atoms with E-state index in [0.717, 1.165) is 0 Å². The summed E-state index contributed by atoms with van der Waals surface area (Å²) in [6, 6.07) is 4.57. The van der Waals surface area contributed by atoms with Gasteiger partial charge in [-0.1, -0.05) is 44.5 Å². The van der Waals surface area contributed by atoms with Crippen LogP contribution in [-0.2, 0) is 14.3 Å². The molecule has 2 aromatic carbocycles. The molecule has 0 bridgehead atoms. The molecule has 0 saturated heterocycles. The molecular formula is C19H20F4O3S. The molecule has 0 atom stereocenters. The van der Waals surface area contributed by atoms with E-state index in [1.54, 1.807) is 33.8 Å². The largest absolute Gasteiger partial charge is 0.303 e. The molecule has 0 aliphatic rings. The van der Waals surface area contributed by atoms with Gasteiger partial charge in [-0.15, -0.1) is 0 Å². The van der Waals surface area contributed by atoms with Crippen LogP contribution in [-0.4, -0.2) is 15.0 Å². The Morgan fingerprint density at radius 3 is 1.93 bits per heavy atom. The van der Waals surface area contributed by atoms with Gasteiger partial charge < -0.3 is 0 Å². The van der Waals surface area contributed by atoms with E-state index in [1.807, 2.05) is 0 Å². The van der Waals surface area contributed by atoms with Crippen LogP contribution in [0.5, 0.6) is 0 Å². The fraction of sp³-hybridized carbons (Fsp3) is 0.368. The van der Waals surface area contributed by atoms with Gasteiger partial charge in [0, 0.05) is 0 Å². The molecule has 2 rings (SSSR count). The molecule has 0 aromatic heterocycles. The normalized spacial score (nSPS) is 12.5. The summed E-state index contributed by atoms with van der Waals surface area (Å²) in [7, 11) is -5.05. The molecule has 0 N–H and O–H groups in total. The molecule has 3 nitrogen and oxygen atoms in total. The predicted octanol–water partition coefficient (Wildman–Crippen LogP) is 5.28. The fourth-order valence-corrected chi connectivity index (χ4v) is 3.63. The molecule has 2 aromatic rings. The monoisotopic (exact) mass is 404 g/mol. The first-order valence-electron chi connectivity index (χ1n) is 8.09. The predicted molar refractivity (Wildman–Crippen MR) is 93.8 cm³/mol. The van der Waals surface area contributed by atoms with E-state index >= 15 is 0 Å². The molecule has 8 heteroatoms. The molecule has 0 saturated carbocycles. The molecule has 0 fully saturated rings. The van der Waals surface area contributed by atoms with Gasteiger partial charge >= 0.3 is 10.1 Å². The summed E-state index contributed by atoms with van der Waals surface area (Å²) < 4.78 is 87.1. The van der Waals surface area contributed by atoms with Crippen LogP contribution in [0.25, 0.3) is 11.1 Å². The van der Waals surface area contributed by atoms with Crippen molar-refractivity contribution in [2.24, 2.45) is 5.41 Å². The number of aryl methyl sites for hydroxylation is 2. The Bertz CT molecular complexity index is 964. The lowest BCUT2D eigenvalue weighted by atomic mass is 9.97. The standard InChI is InChI=1S/C19H20F4O3S/c1-10-6-7-11(2)12(8-10)13-14(20)16(22)18(17(23)15(13)21)27(24,25)26-9-19(3,4)5/h6-8H,9H2,1-5H3. The summed E-state index contributed by atoms with van der Waals surface area (Å²) in [4.78, 5) is -1.77. The molecule has 0 spiro atoms. The van der Waals surface area contributed by atoms with Gasteiger partial charge in [-0.2, -0.15) is 8.42 Å². The van der Waals surface area contributed by atoms with Gasteiger partial charge in [0.05, 0.1) is 12.2 Å². The van der Waals surface area contributed by atoms with Gasteiger partial charge in [0.25, 0.3) is 0 Å². The summed E-state index contributed by atoms with van der Waals surface area (Å²) in [5.74, 6) is -7.61. The number of hydrogen-bond acceptors (Lipinski definition) is 3. The highest BCUT2D eigenvalue weighted by Gasteiger charge is 2.35. The van der Waals surface area contributed by atoms with Crippen LogP contribution in [0.1, 0.15) is 31.9 Å².